The maximum absolute atomic E-state index is 12.3. The van der Waals surface area contributed by atoms with Gasteiger partial charge in [0.2, 0.25) is 5.91 Å². The number of carbonyl (C=O) groups excluding carboxylic acids is 1. The highest BCUT2D eigenvalue weighted by Crippen LogP contribution is 2.22. The minimum Gasteiger partial charge on any atom is -0.341 e. The van der Waals surface area contributed by atoms with Gasteiger partial charge in [-0.3, -0.25) is 9.78 Å². The number of hydrogen-bond donors (Lipinski definition) is 1. The van der Waals surface area contributed by atoms with E-state index in [2.05, 4.69) is 4.98 Å². The van der Waals surface area contributed by atoms with E-state index >= 15 is 0 Å². The van der Waals surface area contributed by atoms with Gasteiger partial charge in [0.05, 0.1) is 5.41 Å². The van der Waals surface area contributed by atoms with Crippen molar-refractivity contribution in [1.82, 2.24) is 9.88 Å². The highest BCUT2D eigenvalue weighted by atomic mass is 16.2. The lowest BCUT2D eigenvalue weighted by Crippen LogP contribution is -2.44. The van der Waals surface area contributed by atoms with Gasteiger partial charge in [-0.05, 0) is 25.0 Å². The smallest absolute Gasteiger partial charge is 0.229 e. The number of amides is 1. The molecule has 1 atom stereocenters. The largest absolute Gasteiger partial charge is 0.341 e. The second-order valence-corrected chi connectivity index (χ2v) is 4.64. The number of nitrogens with zero attached hydrogens (tertiary/aromatic N) is 2. The number of rotatable bonds is 5. The van der Waals surface area contributed by atoms with Gasteiger partial charge in [0, 0.05) is 32.5 Å². The molecule has 0 aliphatic carbocycles. The Morgan fingerprint density at radius 2 is 2.29 bits per heavy atom. The first kappa shape index (κ1) is 13.6. The van der Waals surface area contributed by atoms with Crippen LogP contribution in [0, 0.1) is 5.41 Å². The fourth-order valence-corrected chi connectivity index (χ4v) is 1.68. The monoisotopic (exact) mass is 235 g/mol. The summed E-state index contributed by atoms with van der Waals surface area (Å²) >= 11 is 0. The van der Waals surface area contributed by atoms with Gasteiger partial charge in [-0.15, -0.1) is 0 Å². The molecule has 0 saturated heterocycles. The topological polar surface area (TPSA) is 59.2 Å². The van der Waals surface area contributed by atoms with Crippen molar-refractivity contribution in [3.8, 4) is 0 Å². The highest BCUT2D eigenvalue weighted by Gasteiger charge is 2.32. The van der Waals surface area contributed by atoms with Crippen molar-refractivity contribution in [1.29, 1.82) is 0 Å². The van der Waals surface area contributed by atoms with Crippen molar-refractivity contribution in [2.45, 2.75) is 26.8 Å². The van der Waals surface area contributed by atoms with Crippen molar-refractivity contribution < 1.29 is 4.79 Å². The normalized spacial score (nSPS) is 14.1. The van der Waals surface area contributed by atoms with E-state index in [1.165, 1.54) is 0 Å². The molecule has 0 bridgehead atoms. The van der Waals surface area contributed by atoms with Crippen LogP contribution in [0.4, 0.5) is 0 Å². The summed E-state index contributed by atoms with van der Waals surface area (Å²) < 4.78 is 0. The number of hydrogen-bond acceptors (Lipinski definition) is 3. The quantitative estimate of drug-likeness (QED) is 0.839. The maximum Gasteiger partial charge on any atom is 0.229 e. The molecule has 1 aromatic heterocycles. The summed E-state index contributed by atoms with van der Waals surface area (Å²) in [6.45, 7) is 4.85. The van der Waals surface area contributed by atoms with Gasteiger partial charge >= 0.3 is 0 Å². The lowest BCUT2D eigenvalue weighted by atomic mass is 9.86. The molecular formula is C13H21N3O. The summed E-state index contributed by atoms with van der Waals surface area (Å²) in [6, 6.07) is 3.83. The van der Waals surface area contributed by atoms with Crippen molar-refractivity contribution >= 4 is 5.91 Å². The highest BCUT2D eigenvalue weighted by molar-refractivity contribution is 5.82. The zero-order valence-electron chi connectivity index (χ0n) is 10.8. The molecule has 1 unspecified atom stereocenters. The average molecular weight is 235 g/mol. The fourth-order valence-electron chi connectivity index (χ4n) is 1.68. The summed E-state index contributed by atoms with van der Waals surface area (Å²) in [5.41, 5.74) is 6.26. The van der Waals surface area contributed by atoms with E-state index in [1.54, 1.807) is 24.3 Å². The standard InChI is InChI=1S/C13H21N3O/c1-4-13(2,10-14)12(17)16(3)9-11-6-5-7-15-8-11/h5-8H,4,9-10,14H2,1-3H3. The lowest BCUT2D eigenvalue weighted by Gasteiger charge is -2.30. The van der Waals surface area contributed by atoms with Gasteiger partial charge in [-0.2, -0.15) is 0 Å². The van der Waals surface area contributed by atoms with E-state index in [4.69, 9.17) is 5.73 Å². The van der Waals surface area contributed by atoms with Crippen LogP contribution in [0.2, 0.25) is 0 Å². The number of aromatic nitrogens is 1. The molecule has 4 nitrogen and oxygen atoms in total. The van der Waals surface area contributed by atoms with Gasteiger partial charge in [0.25, 0.3) is 0 Å². The van der Waals surface area contributed by atoms with Crippen LogP contribution in [0.3, 0.4) is 0 Å². The molecule has 1 amide bonds. The van der Waals surface area contributed by atoms with Crippen LogP contribution in [0.5, 0.6) is 0 Å². The summed E-state index contributed by atoms with van der Waals surface area (Å²) in [6.07, 6.45) is 4.25. The molecule has 0 fully saturated rings. The van der Waals surface area contributed by atoms with Gasteiger partial charge in [0.1, 0.15) is 0 Å². The minimum absolute atomic E-state index is 0.0892. The summed E-state index contributed by atoms with van der Waals surface area (Å²) in [7, 11) is 1.80. The fraction of sp³-hybridized carbons (Fsp3) is 0.538. The first-order valence-corrected chi connectivity index (χ1v) is 5.88. The van der Waals surface area contributed by atoms with Crippen molar-refractivity contribution in [2.24, 2.45) is 11.1 Å². The van der Waals surface area contributed by atoms with Gasteiger partial charge in [-0.25, -0.2) is 0 Å². The summed E-state index contributed by atoms with van der Waals surface area (Å²) in [5.74, 6) is 0.0892. The Bertz CT molecular complexity index is 360. The van der Waals surface area contributed by atoms with E-state index in [9.17, 15) is 4.79 Å². The van der Waals surface area contributed by atoms with E-state index in [0.717, 1.165) is 12.0 Å². The van der Waals surface area contributed by atoms with Crippen LogP contribution >= 0.6 is 0 Å². The Kier molecular flexibility index (Phi) is 4.63. The second-order valence-electron chi connectivity index (χ2n) is 4.64. The molecule has 1 aromatic rings. The van der Waals surface area contributed by atoms with Crippen molar-refractivity contribution in [3.05, 3.63) is 30.1 Å². The third-order valence-corrected chi connectivity index (χ3v) is 3.24. The van der Waals surface area contributed by atoms with E-state index in [1.807, 2.05) is 26.0 Å². The molecular weight excluding hydrogens is 214 g/mol. The van der Waals surface area contributed by atoms with Crippen LogP contribution in [0.25, 0.3) is 0 Å². The molecule has 4 heteroatoms. The third-order valence-electron chi connectivity index (χ3n) is 3.24. The molecule has 1 rings (SSSR count). The predicted octanol–water partition coefficient (Wildman–Crippen LogP) is 1.41. The molecule has 0 radical (unpaired) electrons. The van der Waals surface area contributed by atoms with Crippen LogP contribution in [0.15, 0.2) is 24.5 Å². The lowest BCUT2D eigenvalue weighted by molar-refractivity contribution is -0.140. The van der Waals surface area contributed by atoms with Crippen LogP contribution < -0.4 is 5.73 Å². The van der Waals surface area contributed by atoms with Gasteiger partial charge in [-0.1, -0.05) is 13.0 Å². The van der Waals surface area contributed by atoms with Crippen LogP contribution in [-0.2, 0) is 11.3 Å². The Balaban J connectivity index is 2.71. The maximum atomic E-state index is 12.3. The molecule has 0 aromatic carbocycles. The van der Waals surface area contributed by atoms with E-state index in [-0.39, 0.29) is 5.91 Å². The Labute approximate surface area is 103 Å². The number of pyridine rings is 1. The summed E-state index contributed by atoms with van der Waals surface area (Å²) in [4.78, 5) is 18.0. The van der Waals surface area contributed by atoms with Crippen LogP contribution in [0.1, 0.15) is 25.8 Å². The predicted molar refractivity (Wildman–Crippen MR) is 68.2 cm³/mol. The van der Waals surface area contributed by atoms with Crippen molar-refractivity contribution in [2.75, 3.05) is 13.6 Å². The van der Waals surface area contributed by atoms with E-state index in [0.29, 0.717) is 13.1 Å². The summed E-state index contributed by atoms with van der Waals surface area (Å²) in [5, 5.41) is 0. The Morgan fingerprint density at radius 1 is 1.59 bits per heavy atom. The van der Waals surface area contributed by atoms with Gasteiger partial charge in [0.15, 0.2) is 0 Å². The van der Waals surface area contributed by atoms with Crippen molar-refractivity contribution in [3.63, 3.8) is 0 Å². The first-order valence-electron chi connectivity index (χ1n) is 5.88. The molecule has 94 valence electrons. The molecule has 0 aliphatic rings. The van der Waals surface area contributed by atoms with Crippen LogP contribution in [-0.4, -0.2) is 29.4 Å². The second kappa shape index (κ2) is 5.77. The first-order chi connectivity index (χ1) is 8.03. The van der Waals surface area contributed by atoms with E-state index < -0.39 is 5.41 Å². The minimum atomic E-state index is -0.461. The zero-order chi connectivity index (χ0) is 12.9. The average Bonchev–Trinajstić information content (AvgIpc) is 2.38. The molecule has 0 saturated carbocycles. The Hall–Kier alpha value is -1.42. The molecule has 0 spiro atoms. The molecule has 1 heterocycles. The SMILES string of the molecule is CCC(C)(CN)C(=O)N(C)Cc1cccnc1. The third kappa shape index (κ3) is 3.27. The number of carbonyl (C=O) groups is 1. The molecule has 2 N–H and O–H groups in total. The zero-order valence-corrected chi connectivity index (χ0v) is 10.8. The number of nitrogens with two attached hydrogens (primary N) is 1. The molecule has 0 aliphatic heterocycles. The molecule has 17 heavy (non-hydrogen) atoms. The Morgan fingerprint density at radius 3 is 2.76 bits per heavy atom. The van der Waals surface area contributed by atoms with Gasteiger partial charge < -0.3 is 10.6 Å².